The fraction of sp³-hybridized carbons (Fsp3) is 0.526. The number of hydrogen-bond donors (Lipinski definition) is 1. The molecule has 0 amide bonds. The van der Waals surface area contributed by atoms with Gasteiger partial charge in [0.2, 0.25) is 5.95 Å². The van der Waals surface area contributed by atoms with Crippen LogP contribution in [0, 0.1) is 0 Å². The smallest absolute Gasteiger partial charge is 0.225 e. The second kappa shape index (κ2) is 7.45. The minimum absolute atomic E-state index is 0.450. The van der Waals surface area contributed by atoms with E-state index in [-0.39, 0.29) is 0 Å². The number of hydrogen-bond acceptors (Lipinski definition) is 6. The third kappa shape index (κ3) is 3.65. The van der Waals surface area contributed by atoms with E-state index in [1.165, 1.54) is 18.5 Å². The first kappa shape index (κ1) is 16.4. The van der Waals surface area contributed by atoms with Crippen LogP contribution in [0.4, 0.5) is 5.95 Å². The first-order valence-corrected chi connectivity index (χ1v) is 9.23. The van der Waals surface area contributed by atoms with Gasteiger partial charge in [-0.15, -0.1) is 0 Å². The molecule has 0 saturated carbocycles. The average Bonchev–Trinajstić information content (AvgIpc) is 2.69. The van der Waals surface area contributed by atoms with Crippen LogP contribution in [0.15, 0.2) is 30.7 Å². The van der Waals surface area contributed by atoms with Crippen LogP contribution in [0.3, 0.4) is 0 Å². The van der Waals surface area contributed by atoms with Gasteiger partial charge < -0.3 is 15.1 Å². The lowest BCUT2D eigenvalue weighted by Gasteiger charge is -2.33. The van der Waals surface area contributed by atoms with Crippen LogP contribution in [-0.2, 0) is 0 Å². The fourth-order valence-corrected chi connectivity index (χ4v) is 3.69. The molecule has 2 aromatic heterocycles. The Morgan fingerprint density at radius 3 is 2.64 bits per heavy atom. The van der Waals surface area contributed by atoms with Crippen LogP contribution in [0.25, 0.3) is 11.1 Å². The van der Waals surface area contributed by atoms with E-state index in [1.54, 1.807) is 0 Å². The summed E-state index contributed by atoms with van der Waals surface area (Å²) in [7, 11) is 2.17. The van der Waals surface area contributed by atoms with Crippen LogP contribution in [0.2, 0.25) is 0 Å². The second-order valence-corrected chi connectivity index (χ2v) is 7.04. The number of nitrogens with zero attached hydrogens (tertiary/aromatic N) is 5. The topological polar surface area (TPSA) is 57.2 Å². The van der Waals surface area contributed by atoms with Gasteiger partial charge in [0.05, 0.1) is 5.69 Å². The molecule has 0 aliphatic carbocycles. The molecule has 1 N–H and O–H groups in total. The molecule has 132 valence electrons. The summed E-state index contributed by atoms with van der Waals surface area (Å²) in [5.74, 6) is 1.33. The first-order valence-electron chi connectivity index (χ1n) is 9.23. The molecular formula is C19H26N6. The SMILES string of the molecule is CN1CCN(c2ncc(-c3ccncc3)c([C@H]3CCCNC3)n2)CC1. The zero-order valence-electron chi connectivity index (χ0n) is 14.9. The average molecular weight is 338 g/mol. The van der Waals surface area contributed by atoms with Gasteiger partial charge in [0.1, 0.15) is 0 Å². The van der Waals surface area contributed by atoms with E-state index in [4.69, 9.17) is 9.97 Å². The van der Waals surface area contributed by atoms with Crippen molar-refractivity contribution < 1.29 is 0 Å². The summed E-state index contributed by atoms with van der Waals surface area (Å²) in [6, 6.07) is 4.10. The van der Waals surface area contributed by atoms with Crippen molar-refractivity contribution in [3.8, 4) is 11.1 Å². The Balaban J connectivity index is 1.69. The van der Waals surface area contributed by atoms with Crippen LogP contribution in [0.5, 0.6) is 0 Å². The van der Waals surface area contributed by atoms with E-state index in [0.29, 0.717) is 5.92 Å². The molecule has 1 atom stereocenters. The van der Waals surface area contributed by atoms with Crippen LogP contribution >= 0.6 is 0 Å². The molecule has 6 heteroatoms. The Morgan fingerprint density at radius 2 is 1.92 bits per heavy atom. The van der Waals surface area contributed by atoms with Gasteiger partial charge in [-0.1, -0.05) is 0 Å². The lowest BCUT2D eigenvalue weighted by Crippen LogP contribution is -2.45. The first-order chi connectivity index (χ1) is 12.3. The summed E-state index contributed by atoms with van der Waals surface area (Å²) in [4.78, 5) is 18.6. The standard InChI is InChI=1S/C19H26N6/c1-24-9-11-25(12-10-24)19-22-14-17(15-4-7-20-8-5-15)18(23-19)16-3-2-6-21-13-16/h4-5,7-8,14,16,21H,2-3,6,9-13H2,1H3/t16-/m0/s1. The maximum absolute atomic E-state index is 5.06. The van der Waals surface area contributed by atoms with Gasteiger partial charge in [0.25, 0.3) is 0 Å². The van der Waals surface area contributed by atoms with Crippen LogP contribution < -0.4 is 10.2 Å². The largest absolute Gasteiger partial charge is 0.338 e. The molecule has 2 aliphatic rings. The number of anilines is 1. The molecular weight excluding hydrogens is 312 g/mol. The molecule has 25 heavy (non-hydrogen) atoms. The lowest BCUT2D eigenvalue weighted by atomic mass is 9.91. The molecule has 4 rings (SSSR count). The molecule has 2 saturated heterocycles. The van der Waals surface area contributed by atoms with Gasteiger partial charge in [-0.2, -0.15) is 0 Å². The Morgan fingerprint density at radius 1 is 1.12 bits per heavy atom. The third-order valence-electron chi connectivity index (χ3n) is 5.27. The van der Waals surface area contributed by atoms with Crippen LogP contribution in [-0.4, -0.2) is 66.2 Å². The van der Waals surface area contributed by atoms with E-state index < -0.39 is 0 Å². The summed E-state index contributed by atoms with van der Waals surface area (Å²) in [5.41, 5.74) is 3.48. The molecule has 2 aliphatic heterocycles. The lowest BCUT2D eigenvalue weighted by molar-refractivity contribution is 0.311. The molecule has 2 aromatic rings. The van der Waals surface area contributed by atoms with Crippen molar-refractivity contribution in [2.75, 3.05) is 51.2 Å². The van der Waals surface area contributed by atoms with Crippen LogP contribution in [0.1, 0.15) is 24.5 Å². The Hall–Kier alpha value is -2.05. The van der Waals surface area contributed by atoms with Gasteiger partial charge in [-0.3, -0.25) is 4.98 Å². The summed E-state index contributed by atoms with van der Waals surface area (Å²) in [6.45, 7) is 6.22. The second-order valence-electron chi connectivity index (χ2n) is 7.04. The van der Waals surface area contributed by atoms with E-state index in [9.17, 15) is 0 Å². The van der Waals surface area contributed by atoms with Crippen molar-refractivity contribution in [1.82, 2.24) is 25.2 Å². The summed E-state index contributed by atoms with van der Waals surface area (Å²) in [6.07, 6.45) is 8.08. The highest BCUT2D eigenvalue weighted by Gasteiger charge is 2.24. The van der Waals surface area contributed by atoms with E-state index in [2.05, 4.69) is 27.1 Å². The van der Waals surface area contributed by atoms with E-state index >= 15 is 0 Å². The van der Waals surface area contributed by atoms with Gasteiger partial charge in [-0.05, 0) is 44.1 Å². The normalized spacial score (nSPS) is 22.1. The zero-order valence-corrected chi connectivity index (χ0v) is 14.9. The Labute approximate surface area is 149 Å². The number of aromatic nitrogens is 3. The summed E-state index contributed by atoms with van der Waals surface area (Å²) < 4.78 is 0. The summed E-state index contributed by atoms with van der Waals surface area (Å²) >= 11 is 0. The van der Waals surface area contributed by atoms with Crippen molar-refractivity contribution >= 4 is 5.95 Å². The number of rotatable bonds is 3. The van der Waals surface area contributed by atoms with Crippen molar-refractivity contribution in [3.05, 3.63) is 36.4 Å². The fourth-order valence-electron chi connectivity index (χ4n) is 3.69. The van der Waals surface area contributed by atoms with Gasteiger partial charge >= 0.3 is 0 Å². The third-order valence-corrected chi connectivity index (χ3v) is 5.27. The highest BCUT2D eigenvalue weighted by Crippen LogP contribution is 2.32. The highest BCUT2D eigenvalue weighted by atomic mass is 15.3. The predicted molar refractivity (Wildman–Crippen MR) is 99.8 cm³/mol. The molecule has 4 heterocycles. The van der Waals surface area contributed by atoms with Crippen molar-refractivity contribution in [3.63, 3.8) is 0 Å². The number of piperidine rings is 1. The molecule has 0 spiro atoms. The van der Waals surface area contributed by atoms with Crippen molar-refractivity contribution in [2.45, 2.75) is 18.8 Å². The minimum Gasteiger partial charge on any atom is -0.338 e. The van der Waals surface area contributed by atoms with Crippen molar-refractivity contribution in [1.29, 1.82) is 0 Å². The summed E-state index contributed by atoms with van der Waals surface area (Å²) in [5, 5.41) is 3.52. The van der Waals surface area contributed by atoms with Gasteiger partial charge in [0, 0.05) is 62.8 Å². The molecule has 0 bridgehead atoms. The highest BCUT2D eigenvalue weighted by molar-refractivity contribution is 5.66. The monoisotopic (exact) mass is 338 g/mol. The number of piperazine rings is 1. The maximum atomic E-state index is 5.06. The molecule has 2 fully saturated rings. The number of nitrogens with one attached hydrogen (secondary N) is 1. The Kier molecular flexibility index (Phi) is 4.90. The predicted octanol–water partition coefficient (Wildman–Crippen LogP) is 1.76. The van der Waals surface area contributed by atoms with Gasteiger partial charge in [-0.25, -0.2) is 9.97 Å². The van der Waals surface area contributed by atoms with E-state index in [0.717, 1.165) is 56.3 Å². The van der Waals surface area contributed by atoms with E-state index in [1.807, 2.05) is 30.7 Å². The quantitative estimate of drug-likeness (QED) is 0.920. The Bertz CT molecular complexity index is 690. The van der Waals surface area contributed by atoms with Gasteiger partial charge in [0.15, 0.2) is 0 Å². The molecule has 0 aromatic carbocycles. The number of pyridine rings is 1. The minimum atomic E-state index is 0.450. The molecule has 0 radical (unpaired) electrons. The zero-order chi connectivity index (χ0) is 17.1. The molecule has 6 nitrogen and oxygen atoms in total. The molecule has 0 unspecified atom stereocenters. The number of likely N-dealkylation sites (N-methyl/N-ethyl adjacent to an activating group) is 1. The van der Waals surface area contributed by atoms with Crippen molar-refractivity contribution in [2.24, 2.45) is 0 Å². The maximum Gasteiger partial charge on any atom is 0.225 e.